The van der Waals surface area contributed by atoms with Crippen LogP contribution in [0.2, 0.25) is 0 Å². The standard InChI is InChI=1S/C13H9Br3O2/c1-17-13-7-9(15)3-5-12(13)18-11-4-2-8(14)6-10(11)16/h2-7H,1H3. The summed E-state index contributed by atoms with van der Waals surface area (Å²) in [6, 6.07) is 11.4. The first-order valence-corrected chi connectivity index (χ1v) is 7.44. The van der Waals surface area contributed by atoms with Crippen molar-refractivity contribution in [1.82, 2.24) is 0 Å². The summed E-state index contributed by atoms with van der Waals surface area (Å²) in [6.45, 7) is 0. The molecule has 0 atom stereocenters. The van der Waals surface area contributed by atoms with Crippen molar-refractivity contribution < 1.29 is 9.47 Å². The second-order valence-corrected chi connectivity index (χ2v) is 6.16. The molecule has 18 heavy (non-hydrogen) atoms. The summed E-state index contributed by atoms with van der Waals surface area (Å²) in [5, 5.41) is 0. The first-order chi connectivity index (χ1) is 8.60. The largest absolute Gasteiger partial charge is 0.493 e. The van der Waals surface area contributed by atoms with Gasteiger partial charge in [0.15, 0.2) is 11.5 Å². The zero-order valence-electron chi connectivity index (χ0n) is 9.41. The quantitative estimate of drug-likeness (QED) is 0.607. The van der Waals surface area contributed by atoms with Crippen LogP contribution in [0.4, 0.5) is 0 Å². The minimum Gasteiger partial charge on any atom is -0.493 e. The van der Waals surface area contributed by atoms with Crippen LogP contribution in [0.5, 0.6) is 17.2 Å². The van der Waals surface area contributed by atoms with Gasteiger partial charge in [0.2, 0.25) is 0 Å². The molecule has 0 amide bonds. The molecule has 0 saturated carbocycles. The number of hydrogen-bond donors (Lipinski definition) is 0. The molecule has 0 aliphatic rings. The van der Waals surface area contributed by atoms with Gasteiger partial charge in [-0.15, -0.1) is 0 Å². The number of rotatable bonds is 3. The zero-order valence-corrected chi connectivity index (χ0v) is 14.2. The van der Waals surface area contributed by atoms with E-state index < -0.39 is 0 Å². The molecule has 2 aromatic rings. The van der Waals surface area contributed by atoms with Gasteiger partial charge in [-0.3, -0.25) is 0 Å². The predicted molar refractivity (Wildman–Crippen MR) is 82.6 cm³/mol. The van der Waals surface area contributed by atoms with Crippen LogP contribution in [0.25, 0.3) is 0 Å². The fourth-order valence-electron chi connectivity index (χ4n) is 1.40. The highest BCUT2D eigenvalue weighted by molar-refractivity contribution is 9.11. The minimum absolute atomic E-state index is 0.670. The van der Waals surface area contributed by atoms with Crippen molar-refractivity contribution in [2.24, 2.45) is 0 Å². The normalized spacial score (nSPS) is 10.2. The van der Waals surface area contributed by atoms with Gasteiger partial charge in [0.1, 0.15) is 5.75 Å². The van der Waals surface area contributed by atoms with E-state index in [-0.39, 0.29) is 0 Å². The second kappa shape index (κ2) is 6.08. The monoisotopic (exact) mass is 434 g/mol. The minimum atomic E-state index is 0.670. The van der Waals surface area contributed by atoms with Gasteiger partial charge in [-0.25, -0.2) is 0 Å². The smallest absolute Gasteiger partial charge is 0.169 e. The molecule has 0 spiro atoms. The van der Waals surface area contributed by atoms with Crippen molar-refractivity contribution >= 4 is 47.8 Å². The summed E-state index contributed by atoms with van der Waals surface area (Å²) in [6.07, 6.45) is 0. The molecule has 0 N–H and O–H groups in total. The fourth-order valence-corrected chi connectivity index (χ4v) is 2.87. The number of methoxy groups -OCH3 is 1. The number of halogens is 3. The van der Waals surface area contributed by atoms with Crippen LogP contribution >= 0.6 is 47.8 Å². The van der Waals surface area contributed by atoms with Gasteiger partial charge in [-0.1, -0.05) is 31.9 Å². The first-order valence-electron chi connectivity index (χ1n) is 5.06. The Morgan fingerprint density at radius 2 is 1.39 bits per heavy atom. The molecule has 2 aromatic carbocycles. The Bertz CT molecular complexity index is 570. The van der Waals surface area contributed by atoms with Gasteiger partial charge < -0.3 is 9.47 Å². The molecular formula is C13H9Br3O2. The van der Waals surface area contributed by atoms with Crippen LogP contribution in [-0.2, 0) is 0 Å². The Labute approximate surface area is 131 Å². The van der Waals surface area contributed by atoms with Crippen LogP contribution in [0, 0.1) is 0 Å². The van der Waals surface area contributed by atoms with Crippen LogP contribution < -0.4 is 9.47 Å². The van der Waals surface area contributed by atoms with Crippen molar-refractivity contribution in [1.29, 1.82) is 0 Å². The molecule has 2 rings (SSSR count). The van der Waals surface area contributed by atoms with E-state index in [2.05, 4.69) is 47.8 Å². The highest BCUT2D eigenvalue weighted by atomic mass is 79.9. The van der Waals surface area contributed by atoms with E-state index in [1.807, 2.05) is 36.4 Å². The summed E-state index contributed by atoms with van der Waals surface area (Å²) in [5.41, 5.74) is 0. The van der Waals surface area contributed by atoms with Crippen LogP contribution in [-0.4, -0.2) is 7.11 Å². The highest BCUT2D eigenvalue weighted by Gasteiger charge is 2.08. The maximum atomic E-state index is 5.83. The molecule has 94 valence electrons. The molecule has 5 heteroatoms. The molecule has 2 nitrogen and oxygen atoms in total. The van der Waals surface area contributed by atoms with Crippen molar-refractivity contribution in [2.75, 3.05) is 7.11 Å². The molecule has 0 aromatic heterocycles. The summed E-state index contributed by atoms with van der Waals surface area (Å²) >= 11 is 10.3. The molecular weight excluding hydrogens is 428 g/mol. The molecule has 0 heterocycles. The van der Waals surface area contributed by atoms with Gasteiger partial charge in [-0.05, 0) is 52.3 Å². The third-order valence-corrected chi connectivity index (χ3v) is 3.85. The van der Waals surface area contributed by atoms with Crippen LogP contribution in [0.15, 0.2) is 49.8 Å². The van der Waals surface area contributed by atoms with E-state index in [9.17, 15) is 0 Å². The molecule has 0 radical (unpaired) electrons. The SMILES string of the molecule is COc1cc(Br)ccc1Oc1ccc(Br)cc1Br. The lowest BCUT2D eigenvalue weighted by atomic mass is 10.3. The van der Waals surface area contributed by atoms with E-state index in [0.29, 0.717) is 11.5 Å². The lowest BCUT2D eigenvalue weighted by Gasteiger charge is -2.12. The average molecular weight is 437 g/mol. The van der Waals surface area contributed by atoms with Gasteiger partial charge in [0.05, 0.1) is 11.6 Å². The predicted octanol–water partition coefficient (Wildman–Crippen LogP) is 5.78. The summed E-state index contributed by atoms with van der Waals surface area (Å²) in [5.74, 6) is 2.08. The van der Waals surface area contributed by atoms with Crippen LogP contribution in [0.3, 0.4) is 0 Å². The summed E-state index contributed by atoms with van der Waals surface area (Å²) in [7, 11) is 1.62. The second-order valence-electron chi connectivity index (χ2n) is 3.47. The van der Waals surface area contributed by atoms with E-state index in [1.165, 1.54) is 0 Å². The van der Waals surface area contributed by atoms with Crippen molar-refractivity contribution in [3.63, 3.8) is 0 Å². The Kier molecular flexibility index (Phi) is 4.70. The number of ether oxygens (including phenoxy) is 2. The Morgan fingerprint density at radius 3 is 2.00 bits per heavy atom. The van der Waals surface area contributed by atoms with E-state index >= 15 is 0 Å². The zero-order chi connectivity index (χ0) is 13.1. The van der Waals surface area contributed by atoms with Gasteiger partial charge in [-0.2, -0.15) is 0 Å². The van der Waals surface area contributed by atoms with Crippen LogP contribution in [0.1, 0.15) is 0 Å². The molecule has 0 bridgehead atoms. The first kappa shape index (κ1) is 13.9. The van der Waals surface area contributed by atoms with Gasteiger partial charge in [0.25, 0.3) is 0 Å². The van der Waals surface area contributed by atoms with E-state index in [4.69, 9.17) is 9.47 Å². The molecule has 0 saturated heterocycles. The third-order valence-electron chi connectivity index (χ3n) is 2.24. The Morgan fingerprint density at radius 1 is 0.778 bits per heavy atom. The van der Waals surface area contributed by atoms with E-state index in [0.717, 1.165) is 19.2 Å². The van der Waals surface area contributed by atoms with Crippen molar-refractivity contribution in [2.45, 2.75) is 0 Å². The Hall–Kier alpha value is -0.520. The van der Waals surface area contributed by atoms with Crippen molar-refractivity contribution in [3.05, 3.63) is 49.8 Å². The number of benzene rings is 2. The van der Waals surface area contributed by atoms with Gasteiger partial charge >= 0.3 is 0 Å². The maximum Gasteiger partial charge on any atom is 0.169 e. The average Bonchev–Trinajstić information content (AvgIpc) is 2.34. The van der Waals surface area contributed by atoms with Gasteiger partial charge in [0, 0.05) is 8.95 Å². The number of hydrogen-bond acceptors (Lipinski definition) is 2. The fraction of sp³-hybridized carbons (Fsp3) is 0.0769. The lowest BCUT2D eigenvalue weighted by molar-refractivity contribution is 0.378. The summed E-state index contributed by atoms with van der Waals surface area (Å²) < 4.78 is 13.9. The lowest BCUT2D eigenvalue weighted by Crippen LogP contribution is -1.91. The Balaban J connectivity index is 2.33. The topological polar surface area (TPSA) is 18.5 Å². The molecule has 0 aliphatic carbocycles. The maximum absolute atomic E-state index is 5.83. The van der Waals surface area contributed by atoms with Crippen molar-refractivity contribution in [3.8, 4) is 17.2 Å². The molecule has 0 unspecified atom stereocenters. The molecule has 0 fully saturated rings. The van der Waals surface area contributed by atoms with E-state index in [1.54, 1.807) is 7.11 Å². The summed E-state index contributed by atoms with van der Waals surface area (Å²) in [4.78, 5) is 0. The third kappa shape index (κ3) is 3.28. The molecule has 0 aliphatic heterocycles. The highest BCUT2D eigenvalue weighted by Crippen LogP contribution is 2.37.